The van der Waals surface area contributed by atoms with Crippen molar-refractivity contribution in [3.8, 4) is 16.9 Å². The van der Waals surface area contributed by atoms with Gasteiger partial charge in [0.2, 0.25) is 0 Å². The molecule has 200 valence electrons. The summed E-state index contributed by atoms with van der Waals surface area (Å²) in [4.78, 5) is 38.2. The number of benzene rings is 3. The van der Waals surface area contributed by atoms with Gasteiger partial charge in [0, 0.05) is 22.2 Å². The Hall–Kier alpha value is -4.50. The third-order valence-corrected chi connectivity index (χ3v) is 6.67. The van der Waals surface area contributed by atoms with Gasteiger partial charge >= 0.3 is 5.97 Å². The molecule has 39 heavy (non-hydrogen) atoms. The third kappa shape index (κ3) is 6.88. The number of aryl methyl sites for hydroxylation is 1. The maximum absolute atomic E-state index is 13.1. The van der Waals surface area contributed by atoms with Crippen molar-refractivity contribution in [3.63, 3.8) is 0 Å². The van der Waals surface area contributed by atoms with Crippen molar-refractivity contribution in [3.05, 3.63) is 101 Å². The summed E-state index contributed by atoms with van der Waals surface area (Å²) in [5, 5.41) is 7.69. The summed E-state index contributed by atoms with van der Waals surface area (Å²) in [6.07, 6.45) is -0.840. The first-order valence-electron chi connectivity index (χ1n) is 12.2. The Bertz CT molecular complexity index is 1460. The van der Waals surface area contributed by atoms with E-state index in [0.717, 1.165) is 11.1 Å². The Morgan fingerprint density at radius 2 is 1.59 bits per heavy atom. The van der Waals surface area contributed by atoms with Crippen molar-refractivity contribution in [1.82, 2.24) is 0 Å². The lowest BCUT2D eigenvalue weighted by Crippen LogP contribution is -2.30. The molecule has 0 saturated heterocycles. The van der Waals surface area contributed by atoms with Gasteiger partial charge in [-0.15, -0.1) is 11.3 Å². The molecule has 1 heterocycles. The average Bonchev–Trinajstić information content (AvgIpc) is 3.34. The molecule has 3 aromatic carbocycles. The fraction of sp³-hybridized carbons (Fsp3) is 0.167. The maximum atomic E-state index is 13.1. The SMILES string of the molecule is CCOC(=O)c1c(-c2ccc(C)cc2)csc1NC(=O)c1ccc(OC(C)C(=O)Nc2ccc(F)cc2)cc1. The Kier molecular flexibility index (Phi) is 8.73. The lowest BCUT2D eigenvalue weighted by atomic mass is 10.0. The second kappa shape index (κ2) is 12.4. The van der Waals surface area contributed by atoms with Gasteiger partial charge in [0.25, 0.3) is 11.8 Å². The number of rotatable bonds is 9. The number of carbonyl (C=O) groups is 3. The Balaban J connectivity index is 1.44. The van der Waals surface area contributed by atoms with Gasteiger partial charge in [0.15, 0.2) is 6.10 Å². The van der Waals surface area contributed by atoms with Gasteiger partial charge < -0.3 is 20.1 Å². The van der Waals surface area contributed by atoms with E-state index in [1.807, 2.05) is 36.6 Å². The number of hydrogen-bond acceptors (Lipinski definition) is 6. The lowest BCUT2D eigenvalue weighted by molar-refractivity contribution is -0.122. The molecule has 1 aromatic heterocycles. The van der Waals surface area contributed by atoms with Crippen LogP contribution in [0.15, 0.2) is 78.2 Å². The number of anilines is 2. The van der Waals surface area contributed by atoms with Crippen LogP contribution in [0.4, 0.5) is 15.1 Å². The summed E-state index contributed by atoms with van der Waals surface area (Å²) in [6.45, 7) is 5.50. The topological polar surface area (TPSA) is 93.7 Å². The van der Waals surface area contributed by atoms with Crippen LogP contribution in [-0.2, 0) is 9.53 Å². The number of nitrogens with one attached hydrogen (secondary N) is 2. The second-order valence-electron chi connectivity index (χ2n) is 8.67. The molecular formula is C30H27FN2O5S. The van der Waals surface area contributed by atoms with Gasteiger partial charge in [-0.1, -0.05) is 29.8 Å². The Labute approximate surface area is 229 Å². The van der Waals surface area contributed by atoms with E-state index in [-0.39, 0.29) is 6.61 Å². The quantitative estimate of drug-likeness (QED) is 0.228. The summed E-state index contributed by atoms with van der Waals surface area (Å²) in [5.41, 5.74) is 3.72. The number of hydrogen-bond donors (Lipinski definition) is 2. The Morgan fingerprint density at radius 3 is 2.23 bits per heavy atom. The van der Waals surface area contributed by atoms with Crippen molar-refractivity contribution in [2.45, 2.75) is 26.9 Å². The molecule has 1 atom stereocenters. The number of esters is 1. The zero-order chi connectivity index (χ0) is 27.9. The molecular weight excluding hydrogens is 519 g/mol. The van der Waals surface area contributed by atoms with Gasteiger partial charge in [-0.25, -0.2) is 9.18 Å². The molecule has 0 aliphatic rings. The first kappa shape index (κ1) is 27.5. The zero-order valence-electron chi connectivity index (χ0n) is 21.6. The van der Waals surface area contributed by atoms with Crippen LogP contribution < -0.4 is 15.4 Å². The molecule has 2 amide bonds. The molecule has 4 aromatic rings. The summed E-state index contributed by atoms with van der Waals surface area (Å²) >= 11 is 1.25. The highest BCUT2D eigenvalue weighted by Gasteiger charge is 2.23. The second-order valence-corrected chi connectivity index (χ2v) is 9.55. The van der Waals surface area contributed by atoms with E-state index in [2.05, 4.69) is 10.6 Å². The maximum Gasteiger partial charge on any atom is 0.341 e. The van der Waals surface area contributed by atoms with Crippen LogP contribution in [0.5, 0.6) is 5.75 Å². The van der Waals surface area contributed by atoms with Crippen LogP contribution in [-0.4, -0.2) is 30.5 Å². The minimum Gasteiger partial charge on any atom is -0.481 e. The first-order chi connectivity index (χ1) is 18.7. The van der Waals surface area contributed by atoms with Gasteiger partial charge in [0.1, 0.15) is 22.1 Å². The summed E-state index contributed by atoms with van der Waals surface area (Å²) in [6, 6.07) is 19.5. The highest BCUT2D eigenvalue weighted by Crippen LogP contribution is 2.36. The molecule has 1 unspecified atom stereocenters. The van der Waals surface area contributed by atoms with Crippen molar-refractivity contribution >= 4 is 39.8 Å². The smallest absolute Gasteiger partial charge is 0.341 e. The average molecular weight is 547 g/mol. The van der Waals surface area contributed by atoms with Crippen LogP contribution >= 0.6 is 11.3 Å². The fourth-order valence-corrected chi connectivity index (χ4v) is 4.65. The minimum absolute atomic E-state index is 0.206. The molecule has 0 radical (unpaired) electrons. The monoisotopic (exact) mass is 546 g/mol. The van der Waals surface area contributed by atoms with Gasteiger partial charge in [0.05, 0.1) is 6.61 Å². The number of halogens is 1. The van der Waals surface area contributed by atoms with E-state index in [0.29, 0.717) is 33.1 Å². The zero-order valence-corrected chi connectivity index (χ0v) is 22.4. The minimum atomic E-state index is -0.840. The molecule has 9 heteroatoms. The lowest BCUT2D eigenvalue weighted by Gasteiger charge is -2.15. The normalized spacial score (nSPS) is 11.4. The third-order valence-electron chi connectivity index (χ3n) is 5.77. The van der Waals surface area contributed by atoms with E-state index >= 15 is 0 Å². The van der Waals surface area contributed by atoms with Gasteiger partial charge in [-0.2, -0.15) is 0 Å². The van der Waals surface area contributed by atoms with Crippen molar-refractivity contribution in [2.24, 2.45) is 0 Å². The predicted molar refractivity (Wildman–Crippen MR) is 150 cm³/mol. The summed E-state index contributed by atoms with van der Waals surface area (Å²) in [7, 11) is 0. The highest BCUT2D eigenvalue weighted by molar-refractivity contribution is 7.15. The largest absolute Gasteiger partial charge is 0.481 e. The number of amides is 2. The van der Waals surface area contributed by atoms with E-state index < -0.39 is 29.7 Å². The summed E-state index contributed by atoms with van der Waals surface area (Å²) < 4.78 is 24.0. The van der Waals surface area contributed by atoms with Crippen LogP contribution in [0.1, 0.15) is 40.1 Å². The highest BCUT2D eigenvalue weighted by atomic mass is 32.1. The molecule has 0 aliphatic carbocycles. The van der Waals surface area contributed by atoms with Gasteiger partial charge in [-0.3, -0.25) is 9.59 Å². The van der Waals surface area contributed by atoms with Crippen LogP contribution in [0.3, 0.4) is 0 Å². The van der Waals surface area contributed by atoms with Gasteiger partial charge in [-0.05, 0) is 74.9 Å². The van der Waals surface area contributed by atoms with E-state index in [4.69, 9.17) is 9.47 Å². The molecule has 0 saturated carbocycles. The molecule has 0 fully saturated rings. The molecule has 2 N–H and O–H groups in total. The van der Waals surface area contributed by atoms with Crippen molar-refractivity contribution in [1.29, 1.82) is 0 Å². The number of thiophene rings is 1. The standard InChI is InChI=1S/C30H27FN2O5S/c1-4-37-30(36)26-25(20-7-5-18(2)6-8-20)17-39-29(26)33-28(35)21-9-15-24(16-10-21)38-19(3)27(34)32-23-13-11-22(31)12-14-23/h5-17,19H,4H2,1-3H3,(H,32,34)(H,33,35). The predicted octanol–water partition coefficient (Wildman–Crippen LogP) is 6.70. The first-order valence-corrected chi connectivity index (χ1v) is 13.1. The molecule has 7 nitrogen and oxygen atoms in total. The number of ether oxygens (including phenoxy) is 2. The molecule has 4 rings (SSSR count). The molecule has 0 aliphatic heterocycles. The fourth-order valence-electron chi connectivity index (χ4n) is 3.70. The number of carbonyl (C=O) groups excluding carboxylic acids is 3. The van der Waals surface area contributed by atoms with Crippen LogP contribution in [0.25, 0.3) is 11.1 Å². The van der Waals surface area contributed by atoms with E-state index in [1.54, 1.807) is 38.1 Å². The van der Waals surface area contributed by atoms with Crippen LogP contribution in [0.2, 0.25) is 0 Å². The molecule has 0 spiro atoms. The van der Waals surface area contributed by atoms with Crippen LogP contribution in [0, 0.1) is 12.7 Å². The summed E-state index contributed by atoms with van der Waals surface area (Å²) in [5.74, 6) is -1.34. The van der Waals surface area contributed by atoms with Crippen molar-refractivity contribution < 1.29 is 28.2 Å². The Morgan fingerprint density at radius 1 is 0.923 bits per heavy atom. The molecule has 0 bridgehead atoms. The van der Waals surface area contributed by atoms with E-state index in [9.17, 15) is 18.8 Å². The van der Waals surface area contributed by atoms with E-state index in [1.165, 1.54) is 35.6 Å². The van der Waals surface area contributed by atoms with Crippen molar-refractivity contribution in [2.75, 3.05) is 17.2 Å².